The first-order chi connectivity index (χ1) is 16.1. The molecule has 0 saturated heterocycles. The van der Waals surface area contributed by atoms with E-state index < -0.39 is 40.9 Å². The van der Waals surface area contributed by atoms with E-state index in [-0.39, 0.29) is 22.0 Å². The van der Waals surface area contributed by atoms with Gasteiger partial charge in [-0.3, -0.25) is 0 Å². The fraction of sp³-hybridized carbons (Fsp3) is 0.400. The summed E-state index contributed by atoms with van der Waals surface area (Å²) in [5, 5.41) is -0.385. The molecule has 0 fully saturated rings. The summed E-state index contributed by atoms with van der Waals surface area (Å²) in [5.74, 6) is -1.82. The van der Waals surface area contributed by atoms with Crippen LogP contribution in [0.15, 0.2) is 30.3 Å². The van der Waals surface area contributed by atoms with Crippen LogP contribution in [-0.2, 0) is 14.2 Å². The SMILES string of the molecule is COC(=O)c1cccc(Oc2c(F)ccc(N(C(=O)OC(C)(C)C)C(=O)OC(C)(C)C)c2Cl)c1C. The topological polar surface area (TPSA) is 91.4 Å². The van der Waals surface area contributed by atoms with Gasteiger partial charge in [-0.25, -0.2) is 18.8 Å². The maximum Gasteiger partial charge on any atom is 0.424 e. The van der Waals surface area contributed by atoms with Gasteiger partial charge in [-0.1, -0.05) is 17.7 Å². The van der Waals surface area contributed by atoms with Crippen molar-refractivity contribution in [3.05, 3.63) is 52.3 Å². The number of hydrogen-bond acceptors (Lipinski definition) is 7. The third-order valence-electron chi connectivity index (χ3n) is 4.32. The Labute approximate surface area is 208 Å². The monoisotopic (exact) mass is 509 g/mol. The quantitative estimate of drug-likeness (QED) is 0.322. The van der Waals surface area contributed by atoms with Crippen LogP contribution in [0.1, 0.15) is 57.5 Å². The Hall–Kier alpha value is -3.33. The average molecular weight is 510 g/mol. The molecule has 2 rings (SSSR count). The van der Waals surface area contributed by atoms with Gasteiger partial charge in [0.25, 0.3) is 0 Å². The number of methoxy groups -OCH3 is 1. The van der Waals surface area contributed by atoms with Crippen LogP contribution in [0, 0.1) is 12.7 Å². The first kappa shape index (κ1) is 27.9. The summed E-state index contributed by atoms with van der Waals surface area (Å²) in [6.45, 7) is 11.3. The van der Waals surface area contributed by atoms with E-state index in [0.717, 1.165) is 12.1 Å². The molecule has 0 aromatic heterocycles. The van der Waals surface area contributed by atoms with Gasteiger partial charge in [0.2, 0.25) is 0 Å². The molecule has 2 amide bonds. The van der Waals surface area contributed by atoms with E-state index in [0.29, 0.717) is 10.5 Å². The second-order valence-corrected chi connectivity index (χ2v) is 9.91. The normalized spacial score (nSPS) is 11.5. The highest BCUT2D eigenvalue weighted by Gasteiger charge is 2.35. The molecular weight excluding hydrogens is 481 g/mol. The molecule has 190 valence electrons. The van der Waals surface area contributed by atoms with Crippen molar-refractivity contribution in [3.8, 4) is 11.5 Å². The third kappa shape index (κ3) is 7.08. The molecular formula is C25H29ClFNO7. The molecule has 2 aromatic carbocycles. The fourth-order valence-electron chi connectivity index (χ4n) is 2.84. The molecule has 0 aliphatic heterocycles. The maximum absolute atomic E-state index is 14.8. The number of hydrogen-bond donors (Lipinski definition) is 0. The minimum Gasteiger partial charge on any atom is -0.465 e. The van der Waals surface area contributed by atoms with Crippen molar-refractivity contribution in [1.29, 1.82) is 0 Å². The van der Waals surface area contributed by atoms with Crippen molar-refractivity contribution in [2.45, 2.75) is 59.7 Å². The van der Waals surface area contributed by atoms with Crippen LogP contribution < -0.4 is 9.64 Å². The fourth-order valence-corrected chi connectivity index (χ4v) is 3.12. The molecule has 0 unspecified atom stereocenters. The van der Waals surface area contributed by atoms with E-state index in [9.17, 15) is 18.8 Å². The van der Waals surface area contributed by atoms with Gasteiger partial charge >= 0.3 is 18.2 Å². The van der Waals surface area contributed by atoms with E-state index >= 15 is 0 Å². The highest BCUT2D eigenvalue weighted by molar-refractivity contribution is 6.36. The molecule has 0 aliphatic carbocycles. The number of halogens is 2. The summed E-state index contributed by atoms with van der Waals surface area (Å²) >= 11 is 6.46. The van der Waals surface area contributed by atoms with Crippen LogP contribution in [-0.4, -0.2) is 36.5 Å². The van der Waals surface area contributed by atoms with Gasteiger partial charge in [0.05, 0.1) is 18.4 Å². The van der Waals surface area contributed by atoms with Crippen molar-refractivity contribution in [1.82, 2.24) is 0 Å². The van der Waals surface area contributed by atoms with Gasteiger partial charge in [-0.15, -0.1) is 0 Å². The minimum atomic E-state index is -1.07. The molecule has 8 nitrogen and oxygen atoms in total. The Morgan fingerprint density at radius 1 is 0.914 bits per heavy atom. The summed E-state index contributed by atoms with van der Waals surface area (Å²) in [7, 11) is 1.23. The summed E-state index contributed by atoms with van der Waals surface area (Å²) in [6, 6.07) is 6.67. The molecule has 10 heteroatoms. The Morgan fingerprint density at radius 2 is 1.46 bits per heavy atom. The Balaban J connectivity index is 2.60. The van der Waals surface area contributed by atoms with Crippen LogP contribution in [0.5, 0.6) is 11.5 Å². The average Bonchev–Trinajstić information content (AvgIpc) is 2.71. The standard InChI is InChI=1S/C25H29ClFNO7/c1-14-15(21(29)32-8)10-9-11-18(14)33-20-16(27)12-13-17(19(20)26)28(22(30)34-24(2,3)4)23(31)35-25(5,6)7/h9-13H,1-8H3. The predicted octanol–water partition coefficient (Wildman–Crippen LogP) is 7.04. The lowest BCUT2D eigenvalue weighted by Crippen LogP contribution is -2.44. The van der Waals surface area contributed by atoms with Gasteiger partial charge in [-0.05, 0) is 72.7 Å². The number of ether oxygens (including phenoxy) is 4. The number of amides is 2. The highest BCUT2D eigenvalue weighted by Crippen LogP contribution is 2.41. The molecule has 0 aliphatic rings. The number of rotatable bonds is 4. The van der Waals surface area contributed by atoms with E-state index in [4.69, 9.17) is 30.5 Å². The zero-order valence-corrected chi connectivity index (χ0v) is 21.7. The predicted molar refractivity (Wildman–Crippen MR) is 129 cm³/mol. The van der Waals surface area contributed by atoms with E-state index in [1.807, 2.05) is 0 Å². The number of imide groups is 1. The Bertz CT molecular complexity index is 1110. The van der Waals surface area contributed by atoms with E-state index in [1.54, 1.807) is 48.5 Å². The summed E-state index contributed by atoms with van der Waals surface area (Å²) in [6.07, 6.45) is -2.15. The van der Waals surface area contributed by atoms with Gasteiger partial charge in [-0.2, -0.15) is 4.90 Å². The highest BCUT2D eigenvalue weighted by atomic mass is 35.5. The van der Waals surface area contributed by atoms with Gasteiger partial charge in [0.1, 0.15) is 22.0 Å². The van der Waals surface area contributed by atoms with Crippen LogP contribution in [0.25, 0.3) is 0 Å². The van der Waals surface area contributed by atoms with Crippen LogP contribution in [0.4, 0.5) is 19.7 Å². The first-order valence-electron chi connectivity index (χ1n) is 10.7. The van der Waals surface area contributed by atoms with Crippen molar-refractivity contribution < 1.29 is 37.7 Å². The van der Waals surface area contributed by atoms with Crippen LogP contribution in [0.2, 0.25) is 5.02 Å². The Kier molecular flexibility index (Phi) is 8.39. The van der Waals surface area contributed by atoms with Gasteiger partial charge in [0, 0.05) is 5.56 Å². The lowest BCUT2D eigenvalue weighted by molar-refractivity contribution is 0.0429. The van der Waals surface area contributed by atoms with E-state index in [1.165, 1.54) is 25.3 Å². The first-order valence-corrected chi connectivity index (χ1v) is 11.0. The second-order valence-electron chi connectivity index (χ2n) is 9.53. The van der Waals surface area contributed by atoms with Crippen molar-refractivity contribution in [2.24, 2.45) is 0 Å². The van der Waals surface area contributed by atoms with Crippen LogP contribution in [0.3, 0.4) is 0 Å². The van der Waals surface area contributed by atoms with Crippen LogP contribution >= 0.6 is 11.6 Å². The van der Waals surface area contributed by atoms with E-state index in [2.05, 4.69) is 0 Å². The number of nitrogens with zero attached hydrogens (tertiary/aromatic N) is 1. The van der Waals surface area contributed by atoms with Crippen molar-refractivity contribution in [3.63, 3.8) is 0 Å². The number of benzene rings is 2. The maximum atomic E-state index is 14.8. The van der Waals surface area contributed by atoms with Crippen molar-refractivity contribution in [2.75, 3.05) is 12.0 Å². The van der Waals surface area contributed by atoms with Crippen molar-refractivity contribution >= 4 is 35.4 Å². The molecule has 35 heavy (non-hydrogen) atoms. The molecule has 2 aromatic rings. The Morgan fingerprint density at radius 3 is 1.94 bits per heavy atom. The lowest BCUT2D eigenvalue weighted by Gasteiger charge is -2.29. The molecule has 0 spiro atoms. The largest absolute Gasteiger partial charge is 0.465 e. The zero-order chi connectivity index (χ0) is 26.7. The number of esters is 1. The molecule has 0 N–H and O–H groups in total. The summed E-state index contributed by atoms with van der Waals surface area (Å²) < 4.78 is 36.0. The minimum absolute atomic E-state index is 0.118. The molecule has 0 radical (unpaired) electrons. The molecule has 0 saturated carbocycles. The van der Waals surface area contributed by atoms with Gasteiger partial charge < -0.3 is 18.9 Å². The number of carbonyl (C=O) groups excluding carboxylic acids is 3. The zero-order valence-electron chi connectivity index (χ0n) is 20.9. The molecule has 0 atom stereocenters. The molecule has 0 bridgehead atoms. The lowest BCUT2D eigenvalue weighted by atomic mass is 10.1. The van der Waals surface area contributed by atoms with Gasteiger partial charge in [0.15, 0.2) is 11.6 Å². The molecule has 0 heterocycles. The number of carbonyl (C=O) groups is 3. The smallest absolute Gasteiger partial charge is 0.424 e. The summed E-state index contributed by atoms with van der Waals surface area (Å²) in [4.78, 5) is 38.5. The summed E-state index contributed by atoms with van der Waals surface area (Å²) in [5.41, 5.74) is -1.53. The second kappa shape index (κ2) is 10.5. The number of anilines is 1. The third-order valence-corrected chi connectivity index (χ3v) is 4.69.